The van der Waals surface area contributed by atoms with Gasteiger partial charge in [0.05, 0.1) is 26.4 Å². The third-order valence-electron chi connectivity index (χ3n) is 9.76. The SMILES string of the molecule is CCCCCCCCCCCOC(=O)CCCCCN(CCO)CCCCCCCNP(=O)(OCCCCCCCC)OCCCCCCCC. The average Bonchev–Trinajstić information content (AvgIpc) is 3.12. The third-order valence-corrected chi connectivity index (χ3v) is 11.4. The number of aliphatic hydroxyl groups excluding tert-OH is 1. The van der Waals surface area contributed by atoms with E-state index >= 15 is 0 Å². The van der Waals surface area contributed by atoms with E-state index in [-0.39, 0.29) is 12.6 Å². The minimum atomic E-state index is -3.27. The van der Waals surface area contributed by atoms with Crippen LogP contribution in [0, 0.1) is 0 Å². The molecule has 0 fully saturated rings. The van der Waals surface area contributed by atoms with Crippen LogP contribution in [0.5, 0.6) is 0 Å². The lowest BCUT2D eigenvalue weighted by Crippen LogP contribution is -2.29. The number of nitrogens with one attached hydrogen (secondary N) is 1. The highest BCUT2D eigenvalue weighted by Crippen LogP contribution is 2.44. The van der Waals surface area contributed by atoms with Crippen molar-refractivity contribution in [1.82, 2.24) is 9.99 Å². The highest BCUT2D eigenvalue weighted by atomic mass is 31.2. The van der Waals surface area contributed by atoms with Gasteiger partial charge in [-0.25, -0.2) is 9.65 Å². The van der Waals surface area contributed by atoms with E-state index in [1.54, 1.807) is 0 Å². The molecule has 8 nitrogen and oxygen atoms in total. The van der Waals surface area contributed by atoms with Gasteiger partial charge in [0.15, 0.2) is 0 Å². The van der Waals surface area contributed by atoms with E-state index in [4.69, 9.17) is 13.8 Å². The predicted molar refractivity (Wildman–Crippen MR) is 218 cm³/mol. The summed E-state index contributed by atoms with van der Waals surface area (Å²) in [4.78, 5) is 14.4. The quantitative estimate of drug-likeness (QED) is 0.0362. The van der Waals surface area contributed by atoms with Gasteiger partial charge in [0.1, 0.15) is 0 Å². The highest BCUT2D eigenvalue weighted by Gasteiger charge is 2.23. The Bertz CT molecular complexity index is 737. The Morgan fingerprint density at radius 2 is 0.902 bits per heavy atom. The minimum absolute atomic E-state index is 0.0545. The number of rotatable bonds is 43. The maximum Gasteiger partial charge on any atom is 0.405 e. The Morgan fingerprint density at radius 1 is 0.510 bits per heavy atom. The smallest absolute Gasteiger partial charge is 0.405 e. The normalized spacial score (nSPS) is 11.9. The monoisotopic (exact) mass is 747 g/mol. The molecule has 0 atom stereocenters. The molecule has 0 aliphatic carbocycles. The van der Waals surface area contributed by atoms with Crippen molar-refractivity contribution in [3.05, 3.63) is 0 Å². The van der Waals surface area contributed by atoms with E-state index in [1.807, 2.05) is 0 Å². The molecule has 0 radical (unpaired) electrons. The summed E-state index contributed by atoms with van der Waals surface area (Å²) in [7, 11) is -3.27. The Labute approximate surface area is 317 Å². The second kappa shape index (κ2) is 40.7. The fourth-order valence-corrected chi connectivity index (χ4v) is 7.83. The Hall–Kier alpha value is -0.500. The number of carbonyl (C=O) groups is 1. The molecule has 0 unspecified atom stereocenters. The molecule has 0 heterocycles. The van der Waals surface area contributed by atoms with Crippen molar-refractivity contribution in [3.63, 3.8) is 0 Å². The van der Waals surface area contributed by atoms with Crippen LogP contribution >= 0.6 is 7.75 Å². The molecule has 0 saturated heterocycles. The third kappa shape index (κ3) is 37.6. The van der Waals surface area contributed by atoms with Crippen LogP contribution in [0.2, 0.25) is 0 Å². The van der Waals surface area contributed by atoms with Gasteiger partial charge in [-0.05, 0) is 58.0 Å². The maximum atomic E-state index is 13.4. The summed E-state index contributed by atoms with van der Waals surface area (Å²) in [5.41, 5.74) is 0. The number of aliphatic hydroxyl groups is 1. The molecular weight excluding hydrogens is 659 g/mol. The van der Waals surface area contributed by atoms with Gasteiger partial charge in [-0.15, -0.1) is 0 Å². The van der Waals surface area contributed by atoms with E-state index in [0.717, 1.165) is 103 Å². The van der Waals surface area contributed by atoms with E-state index < -0.39 is 7.75 Å². The zero-order valence-corrected chi connectivity index (χ0v) is 35.1. The molecule has 0 bridgehead atoms. The number of carbonyl (C=O) groups excluding carboxylic acids is 1. The van der Waals surface area contributed by atoms with Crippen molar-refractivity contribution in [2.45, 2.75) is 213 Å². The van der Waals surface area contributed by atoms with Crippen LogP contribution < -0.4 is 5.09 Å². The Balaban J connectivity index is 4.03. The zero-order valence-electron chi connectivity index (χ0n) is 34.3. The van der Waals surface area contributed by atoms with E-state index in [0.29, 0.717) is 39.3 Å². The van der Waals surface area contributed by atoms with Crippen LogP contribution in [0.25, 0.3) is 0 Å². The van der Waals surface area contributed by atoms with Gasteiger partial charge in [-0.3, -0.25) is 13.8 Å². The van der Waals surface area contributed by atoms with Gasteiger partial charge < -0.3 is 14.7 Å². The first-order valence-electron chi connectivity index (χ1n) is 22.1. The molecule has 0 saturated carbocycles. The lowest BCUT2D eigenvalue weighted by atomic mass is 10.1. The molecule has 0 rings (SSSR count). The molecule has 9 heteroatoms. The summed E-state index contributed by atoms with van der Waals surface area (Å²) < 4.78 is 30.6. The van der Waals surface area contributed by atoms with Gasteiger partial charge in [-0.2, -0.15) is 0 Å². The maximum absolute atomic E-state index is 13.4. The second-order valence-electron chi connectivity index (χ2n) is 14.8. The second-order valence-corrected chi connectivity index (χ2v) is 16.6. The van der Waals surface area contributed by atoms with Crippen LogP contribution in [0.1, 0.15) is 213 Å². The van der Waals surface area contributed by atoms with Gasteiger partial charge in [0.25, 0.3) is 0 Å². The summed E-state index contributed by atoms with van der Waals surface area (Å²) in [5, 5.41) is 12.7. The van der Waals surface area contributed by atoms with Gasteiger partial charge in [-0.1, -0.05) is 162 Å². The predicted octanol–water partition coefficient (Wildman–Crippen LogP) is 12.3. The highest BCUT2D eigenvalue weighted by molar-refractivity contribution is 7.51. The lowest BCUT2D eigenvalue weighted by molar-refractivity contribution is -0.143. The minimum Gasteiger partial charge on any atom is -0.466 e. The van der Waals surface area contributed by atoms with Crippen molar-refractivity contribution in [1.29, 1.82) is 0 Å². The number of unbranched alkanes of at least 4 members (excludes halogenated alkanes) is 24. The molecule has 0 aliphatic rings. The summed E-state index contributed by atoms with van der Waals surface area (Å²) in [6.45, 7) is 11.7. The van der Waals surface area contributed by atoms with E-state index in [9.17, 15) is 14.5 Å². The fraction of sp³-hybridized carbons (Fsp3) is 0.976. The summed E-state index contributed by atoms with van der Waals surface area (Å²) >= 11 is 0. The Morgan fingerprint density at radius 3 is 1.37 bits per heavy atom. The molecule has 2 N–H and O–H groups in total. The Kier molecular flexibility index (Phi) is 40.3. The number of esters is 1. The van der Waals surface area contributed by atoms with Crippen LogP contribution in [-0.2, 0) is 23.1 Å². The molecule has 0 amide bonds. The van der Waals surface area contributed by atoms with Crippen molar-refractivity contribution in [2.75, 3.05) is 52.6 Å². The standard InChI is InChI=1S/C42H87N2O6P/c1-4-7-10-13-16-17-18-22-30-39-48-42(46)33-26-25-29-36-44(37-38-45)35-28-21-19-20-27-34-43-51(47,49-40-31-23-14-11-8-5-2)50-41-32-24-15-12-9-6-3/h45H,4-41H2,1-3H3,(H,43,47). The lowest BCUT2D eigenvalue weighted by Gasteiger charge is -2.21. The van der Waals surface area contributed by atoms with Gasteiger partial charge >= 0.3 is 13.7 Å². The van der Waals surface area contributed by atoms with Crippen molar-refractivity contribution in [2.24, 2.45) is 0 Å². The molecule has 0 aromatic rings. The van der Waals surface area contributed by atoms with Gasteiger partial charge in [0.2, 0.25) is 0 Å². The number of hydrogen-bond acceptors (Lipinski definition) is 7. The summed E-state index contributed by atoms with van der Waals surface area (Å²) in [6.07, 6.45) is 34.4. The molecule has 306 valence electrons. The molecule has 0 aromatic carbocycles. The van der Waals surface area contributed by atoms with Crippen LogP contribution in [-0.4, -0.2) is 68.6 Å². The number of hydrogen-bond donors (Lipinski definition) is 2. The zero-order chi connectivity index (χ0) is 37.4. The molecule has 0 spiro atoms. The van der Waals surface area contributed by atoms with Crippen molar-refractivity contribution < 1.29 is 28.3 Å². The number of ether oxygens (including phenoxy) is 1. The fourth-order valence-electron chi connectivity index (χ4n) is 6.40. The first-order chi connectivity index (χ1) is 25.0. The van der Waals surface area contributed by atoms with Crippen LogP contribution in [0.15, 0.2) is 0 Å². The van der Waals surface area contributed by atoms with Crippen LogP contribution in [0.4, 0.5) is 0 Å². The molecule has 0 aromatic heterocycles. The van der Waals surface area contributed by atoms with E-state index in [1.165, 1.54) is 96.3 Å². The first kappa shape index (κ1) is 50.5. The largest absolute Gasteiger partial charge is 0.466 e. The van der Waals surface area contributed by atoms with Gasteiger partial charge in [0, 0.05) is 19.5 Å². The molecule has 0 aliphatic heterocycles. The summed E-state index contributed by atoms with van der Waals surface area (Å²) in [6, 6.07) is 0. The average molecular weight is 747 g/mol. The molecule has 51 heavy (non-hydrogen) atoms. The van der Waals surface area contributed by atoms with Crippen molar-refractivity contribution in [3.8, 4) is 0 Å². The van der Waals surface area contributed by atoms with Crippen LogP contribution in [0.3, 0.4) is 0 Å². The first-order valence-corrected chi connectivity index (χ1v) is 23.7. The molecular formula is C42H87N2O6P. The summed E-state index contributed by atoms with van der Waals surface area (Å²) in [5.74, 6) is -0.0545. The number of nitrogens with zero attached hydrogens (tertiary/aromatic N) is 1. The van der Waals surface area contributed by atoms with Crippen molar-refractivity contribution >= 4 is 13.7 Å². The van der Waals surface area contributed by atoms with E-state index in [2.05, 4.69) is 30.8 Å². The topological polar surface area (TPSA) is 97.3 Å².